The average molecular weight is 290 g/mol. The number of rotatable bonds is 6. The van der Waals surface area contributed by atoms with Crippen LogP contribution in [0.3, 0.4) is 0 Å². The Morgan fingerprint density at radius 2 is 2.33 bits per heavy atom. The summed E-state index contributed by atoms with van der Waals surface area (Å²) in [5.74, 6) is -0.938. The van der Waals surface area contributed by atoms with Crippen LogP contribution in [0.1, 0.15) is 24.0 Å². The summed E-state index contributed by atoms with van der Waals surface area (Å²) >= 11 is 0. The molecule has 1 atom stereocenters. The Labute approximate surface area is 125 Å². The van der Waals surface area contributed by atoms with Crippen molar-refractivity contribution < 1.29 is 14.7 Å². The van der Waals surface area contributed by atoms with E-state index in [1.807, 2.05) is 31.2 Å². The van der Waals surface area contributed by atoms with Crippen LogP contribution in [0.5, 0.6) is 0 Å². The quantitative estimate of drug-likeness (QED) is 0.495. The highest BCUT2D eigenvalue weighted by Gasteiger charge is 2.24. The summed E-state index contributed by atoms with van der Waals surface area (Å²) in [6.45, 7) is 4.78. The minimum atomic E-state index is -0.696. The molecule has 0 aromatic heterocycles. The Kier molecular flexibility index (Phi) is 5.75. The number of hydrogen-bond donors (Lipinski definition) is 1. The molecule has 0 radical (unpaired) electrons. The third-order valence-electron chi connectivity index (χ3n) is 3.81. The summed E-state index contributed by atoms with van der Waals surface area (Å²) in [5, 5.41) is 13.0. The number of nitrogens with zero attached hydrogens (tertiary/aromatic N) is 2. The topological polar surface area (TPSA) is 62.1 Å². The fraction of sp³-hybridized carbons (Fsp3) is 0.500. The Balaban J connectivity index is 1.70. The van der Waals surface area contributed by atoms with Gasteiger partial charge in [-0.2, -0.15) is 0 Å². The summed E-state index contributed by atoms with van der Waals surface area (Å²) in [6, 6.07) is 7.97. The van der Waals surface area contributed by atoms with E-state index in [2.05, 4.69) is 10.1 Å². The van der Waals surface area contributed by atoms with Crippen LogP contribution >= 0.6 is 0 Å². The van der Waals surface area contributed by atoms with Gasteiger partial charge in [0.2, 0.25) is 0 Å². The number of piperidine rings is 1. The van der Waals surface area contributed by atoms with Crippen molar-refractivity contribution >= 4 is 12.2 Å². The molecule has 1 aliphatic rings. The Morgan fingerprint density at radius 3 is 3.10 bits per heavy atom. The molecule has 1 heterocycles. The molecule has 0 spiro atoms. The van der Waals surface area contributed by atoms with Crippen LogP contribution in [0.4, 0.5) is 0 Å². The minimum Gasteiger partial charge on any atom is -0.481 e. The monoisotopic (exact) mass is 290 g/mol. The Bertz CT molecular complexity index is 502. The van der Waals surface area contributed by atoms with Crippen LogP contribution in [-0.2, 0) is 9.63 Å². The van der Waals surface area contributed by atoms with E-state index < -0.39 is 5.97 Å². The van der Waals surface area contributed by atoms with Crippen LogP contribution in [0.15, 0.2) is 29.4 Å². The molecule has 0 aliphatic carbocycles. The molecule has 0 unspecified atom stereocenters. The maximum absolute atomic E-state index is 11.0. The van der Waals surface area contributed by atoms with Crippen molar-refractivity contribution in [1.29, 1.82) is 0 Å². The van der Waals surface area contributed by atoms with Crippen LogP contribution < -0.4 is 0 Å². The van der Waals surface area contributed by atoms with E-state index in [1.165, 1.54) is 0 Å². The molecule has 1 aromatic rings. The minimum absolute atomic E-state index is 0.241. The van der Waals surface area contributed by atoms with Gasteiger partial charge < -0.3 is 9.94 Å². The second-order valence-electron chi connectivity index (χ2n) is 5.40. The molecule has 5 nitrogen and oxygen atoms in total. The predicted octanol–water partition coefficient (Wildman–Crippen LogP) is 2.14. The van der Waals surface area contributed by atoms with Crippen LogP contribution in [-0.4, -0.2) is 48.4 Å². The van der Waals surface area contributed by atoms with Crippen molar-refractivity contribution in [2.75, 3.05) is 26.2 Å². The van der Waals surface area contributed by atoms with Gasteiger partial charge in [0.25, 0.3) is 0 Å². The number of benzene rings is 1. The van der Waals surface area contributed by atoms with E-state index in [9.17, 15) is 4.79 Å². The maximum Gasteiger partial charge on any atom is 0.307 e. The molecule has 1 N–H and O–H groups in total. The predicted molar refractivity (Wildman–Crippen MR) is 81.5 cm³/mol. The highest BCUT2D eigenvalue weighted by molar-refractivity contribution is 5.81. The molecular weight excluding hydrogens is 268 g/mol. The normalized spacial score (nSPS) is 19.8. The number of aryl methyl sites for hydroxylation is 1. The van der Waals surface area contributed by atoms with Crippen LogP contribution in [0, 0.1) is 12.8 Å². The Morgan fingerprint density at radius 1 is 1.52 bits per heavy atom. The highest BCUT2D eigenvalue weighted by Crippen LogP contribution is 2.16. The summed E-state index contributed by atoms with van der Waals surface area (Å²) in [6.07, 6.45) is 3.42. The zero-order chi connectivity index (χ0) is 15.1. The van der Waals surface area contributed by atoms with Gasteiger partial charge in [-0.25, -0.2) is 0 Å². The highest BCUT2D eigenvalue weighted by atomic mass is 16.6. The van der Waals surface area contributed by atoms with E-state index in [-0.39, 0.29) is 5.92 Å². The third-order valence-corrected chi connectivity index (χ3v) is 3.81. The van der Waals surface area contributed by atoms with Crippen LogP contribution in [0.2, 0.25) is 0 Å². The lowest BCUT2D eigenvalue weighted by Gasteiger charge is -2.29. The summed E-state index contributed by atoms with van der Waals surface area (Å²) in [4.78, 5) is 18.4. The smallest absolute Gasteiger partial charge is 0.307 e. The zero-order valence-corrected chi connectivity index (χ0v) is 12.4. The second-order valence-corrected chi connectivity index (χ2v) is 5.40. The van der Waals surface area contributed by atoms with Gasteiger partial charge in [0.1, 0.15) is 6.61 Å². The number of hydrogen-bond acceptors (Lipinski definition) is 4. The van der Waals surface area contributed by atoms with Gasteiger partial charge in [-0.15, -0.1) is 0 Å². The molecule has 0 bridgehead atoms. The number of carbonyl (C=O) groups is 1. The van der Waals surface area contributed by atoms with E-state index in [1.54, 1.807) is 6.21 Å². The third kappa shape index (κ3) is 4.86. The van der Waals surface area contributed by atoms with Gasteiger partial charge >= 0.3 is 5.97 Å². The van der Waals surface area contributed by atoms with Gasteiger partial charge in [0.15, 0.2) is 0 Å². The first-order valence-electron chi connectivity index (χ1n) is 7.33. The summed E-state index contributed by atoms with van der Waals surface area (Å²) in [7, 11) is 0. The van der Waals surface area contributed by atoms with E-state index >= 15 is 0 Å². The van der Waals surface area contributed by atoms with Gasteiger partial charge in [-0.05, 0) is 37.4 Å². The van der Waals surface area contributed by atoms with Crippen molar-refractivity contribution in [3.63, 3.8) is 0 Å². The largest absolute Gasteiger partial charge is 0.481 e. The lowest BCUT2D eigenvalue weighted by Crippen LogP contribution is -2.40. The average Bonchev–Trinajstić information content (AvgIpc) is 2.49. The first-order chi connectivity index (χ1) is 10.2. The lowest BCUT2D eigenvalue weighted by molar-refractivity contribution is -0.143. The van der Waals surface area contributed by atoms with Gasteiger partial charge in [-0.3, -0.25) is 9.69 Å². The van der Waals surface area contributed by atoms with Gasteiger partial charge in [-0.1, -0.05) is 29.4 Å². The second kappa shape index (κ2) is 7.78. The van der Waals surface area contributed by atoms with E-state index in [4.69, 9.17) is 9.94 Å². The van der Waals surface area contributed by atoms with Crippen molar-refractivity contribution in [1.82, 2.24) is 4.90 Å². The van der Waals surface area contributed by atoms with Crippen molar-refractivity contribution in [3.05, 3.63) is 35.4 Å². The molecule has 21 heavy (non-hydrogen) atoms. The SMILES string of the molecule is Cc1ccccc1/C=N/OCCN1CCC[C@@H](C(=O)O)C1. The van der Waals surface area contributed by atoms with Crippen molar-refractivity contribution in [2.24, 2.45) is 11.1 Å². The molecular formula is C16H22N2O3. The molecule has 1 saturated heterocycles. The molecule has 0 amide bonds. The molecule has 1 fully saturated rings. The van der Waals surface area contributed by atoms with Crippen molar-refractivity contribution in [2.45, 2.75) is 19.8 Å². The first kappa shape index (κ1) is 15.5. The first-order valence-corrected chi connectivity index (χ1v) is 7.33. The van der Waals surface area contributed by atoms with E-state index in [0.717, 1.165) is 37.1 Å². The standard InChI is InChI=1S/C16H22N2O3/c1-13-5-2-3-6-14(13)11-17-21-10-9-18-8-4-7-15(12-18)16(19)20/h2-3,5-6,11,15H,4,7-10,12H2,1H3,(H,19,20)/b17-11+/t15-/m1/s1. The fourth-order valence-electron chi connectivity index (χ4n) is 2.51. The number of carboxylic acids is 1. The Hall–Kier alpha value is -1.88. The number of likely N-dealkylation sites (tertiary alicyclic amines) is 1. The summed E-state index contributed by atoms with van der Waals surface area (Å²) < 4.78 is 0. The maximum atomic E-state index is 11.0. The number of aliphatic carboxylic acids is 1. The molecule has 1 aromatic carbocycles. The molecule has 1 aliphatic heterocycles. The number of oxime groups is 1. The molecule has 114 valence electrons. The van der Waals surface area contributed by atoms with Gasteiger partial charge in [0, 0.05) is 13.1 Å². The number of carboxylic acid groups (broad SMARTS) is 1. The van der Waals surface area contributed by atoms with Crippen molar-refractivity contribution in [3.8, 4) is 0 Å². The summed E-state index contributed by atoms with van der Waals surface area (Å²) in [5.41, 5.74) is 2.20. The van der Waals surface area contributed by atoms with E-state index in [0.29, 0.717) is 13.2 Å². The fourth-order valence-corrected chi connectivity index (χ4v) is 2.51. The van der Waals surface area contributed by atoms with Gasteiger partial charge in [0.05, 0.1) is 12.1 Å². The lowest BCUT2D eigenvalue weighted by atomic mass is 9.98. The molecule has 5 heteroatoms. The van der Waals surface area contributed by atoms with Crippen LogP contribution in [0.25, 0.3) is 0 Å². The molecule has 2 rings (SSSR count). The zero-order valence-electron chi connectivity index (χ0n) is 12.4. The molecule has 0 saturated carbocycles.